The summed E-state index contributed by atoms with van der Waals surface area (Å²) in [5, 5.41) is 12.9. The molecule has 0 aliphatic heterocycles. The number of benzene rings is 4. The van der Waals surface area contributed by atoms with Crippen LogP contribution in [0.25, 0.3) is 21.9 Å². The van der Waals surface area contributed by atoms with Gasteiger partial charge in [0.05, 0.1) is 11.8 Å². The Morgan fingerprint density at radius 3 is 2.18 bits per heavy atom. The standard InChI is InChI=1S/C26H23N3O4S/c1-34(31,32)33-26(30)23-9-5-4-8-22(23)24-15-19-7-3-2-6-18(19)14-20(24)16-29-21-12-10-17(11-13-21)25(27)28/h2-15,29H,16H2,1H3,(H3,27,28). The fourth-order valence-corrected chi connectivity index (χ4v) is 4.09. The Kier molecular flexibility index (Phi) is 6.34. The van der Waals surface area contributed by atoms with Crippen LogP contribution in [0, 0.1) is 5.41 Å². The van der Waals surface area contributed by atoms with Gasteiger partial charge in [-0.1, -0.05) is 42.5 Å². The molecule has 4 aromatic carbocycles. The molecule has 4 rings (SSSR count). The van der Waals surface area contributed by atoms with E-state index in [4.69, 9.17) is 11.1 Å². The molecule has 0 fully saturated rings. The predicted octanol–water partition coefficient (Wildman–Crippen LogP) is 4.52. The number of hydrogen-bond acceptors (Lipinski definition) is 6. The second-order valence-corrected chi connectivity index (χ2v) is 9.40. The minimum atomic E-state index is -3.96. The first-order valence-corrected chi connectivity index (χ1v) is 12.3. The van der Waals surface area contributed by atoms with E-state index in [9.17, 15) is 13.2 Å². The first kappa shape index (κ1) is 23.0. The molecule has 0 saturated heterocycles. The average molecular weight is 474 g/mol. The molecule has 0 heterocycles. The van der Waals surface area contributed by atoms with Crippen molar-refractivity contribution in [2.45, 2.75) is 6.54 Å². The van der Waals surface area contributed by atoms with E-state index in [-0.39, 0.29) is 11.4 Å². The van der Waals surface area contributed by atoms with E-state index in [0.717, 1.165) is 33.8 Å². The number of nitrogens with one attached hydrogen (secondary N) is 2. The van der Waals surface area contributed by atoms with Crippen LogP contribution in [0.4, 0.5) is 5.69 Å². The van der Waals surface area contributed by atoms with Crippen LogP contribution in [0.5, 0.6) is 0 Å². The summed E-state index contributed by atoms with van der Waals surface area (Å²) in [4.78, 5) is 12.7. The van der Waals surface area contributed by atoms with Crippen molar-refractivity contribution in [1.29, 1.82) is 5.41 Å². The minimum absolute atomic E-state index is 0.000882. The van der Waals surface area contributed by atoms with Crippen molar-refractivity contribution >= 4 is 38.4 Å². The number of fused-ring (bicyclic) bond motifs is 1. The SMILES string of the molecule is CS(=O)(=O)OC(=O)c1ccccc1-c1cc2ccccc2cc1CNc1ccc(C(=N)N)cc1. The number of anilines is 1. The van der Waals surface area contributed by atoms with E-state index in [1.54, 1.807) is 36.4 Å². The van der Waals surface area contributed by atoms with Gasteiger partial charge in [-0.05, 0) is 69.9 Å². The quantitative estimate of drug-likeness (QED) is 0.206. The van der Waals surface area contributed by atoms with Crippen LogP contribution in [0.1, 0.15) is 21.5 Å². The van der Waals surface area contributed by atoms with Gasteiger partial charge in [-0.15, -0.1) is 0 Å². The van der Waals surface area contributed by atoms with Crippen molar-refractivity contribution in [2.75, 3.05) is 11.6 Å². The van der Waals surface area contributed by atoms with Crippen molar-refractivity contribution in [3.05, 3.63) is 102 Å². The number of amidine groups is 1. The molecule has 4 N–H and O–H groups in total. The largest absolute Gasteiger partial charge is 0.384 e. The first-order chi connectivity index (χ1) is 16.2. The summed E-state index contributed by atoms with van der Waals surface area (Å²) in [5.41, 5.74) is 9.44. The summed E-state index contributed by atoms with van der Waals surface area (Å²) in [7, 11) is -3.96. The second kappa shape index (κ2) is 9.36. The van der Waals surface area contributed by atoms with Gasteiger partial charge in [-0.3, -0.25) is 5.41 Å². The van der Waals surface area contributed by atoms with Crippen LogP contribution >= 0.6 is 0 Å². The summed E-state index contributed by atoms with van der Waals surface area (Å²) in [6.45, 7) is 0.440. The zero-order chi connectivity index (χ0) is 24.3. The monoisotopic (exact) mass is 473 g/mol. The molecule has 0 amide bonds. The van der Waals surface area contributed by atoms with Gasteiger partial charge in [0.15, 0.2) is 0 Å². The maximum atomic E-state index is 12.7. The smallest absolute Gasteiger partial charge is 0.354 e. The van der Waals surface area contributed by atoms with Crippen LogP contribution in [0.2, 0.25) is 0 Å². The zero-order valence-electron chi connectivity index (χ0n) is 18.4. The molecule has 4 aromatic rings. The summed E-state index contributed by atoms with van der Waals surface area (Å²) in [6, 6.07) is 25.9. The molecular weight excluding hydrogens is 450 g/mol. The average Bonchev–Trinajstić information content (AvgIpc) is 2.81. The number of rotatable bonds is 7. The van der Waals surface area contributed by atoms with Crippen LogP contribution in [-0.2, 0) is 20.8 Å². The predicted molar refractivity (Wildman–Crippen MR) is 134 cm³/mol. The van der Waals surface area contributed by atoms with Crippen molar-refractivity contribution < 1.29 is 17.4 Å². The number of nitrogens with two attached hydrogens (primary N) is 1. The van der Waals surface area contributed by atoms with Gasteiger partial charge in [0.2, 0.25) is 0 Å². The fourth-order valence-electron chi connectivity index (χ4n) is 3.73. The summed E-state index contributed by atoms with van der Waals surface area (Å²) in [5.74, 6) is -0.925. The highest BCUT2D eigenvalue weighted by molar-refractivity contribution is 7.86. The van der Waals surface area contributed by atoms with Gasteiger partial charge in [0, 0.05) is 17.8 Å². The second-order valence-electron chi connectivity index (χ2n) is 7.82. The molecule has 34 heavy (non-hydrogen) atoms. The molecule has 0 aromatic heterocycles. The number of carbonyl (C=O) groups excluding carboxylic acids is 1. The van der Waals surface area contributed by atoms with E-state index in [2.05, 4.69) is 9.50 Å². The molecule has 0 spiro atoms. The van der Waals surface area contributed by atoms with Gasteiger partial charge in [-0.25, -0.2) is 4.79 Å². The van der Waals surface area contributed by atoms with E-state index >= 15 is 0 Å². The molecular formula is C26H23N3O4S. The Bertz CT molecular complexity index is 1500. The molecule has 0 atom stereocenters. The van der Waals surface area contributed by atoms with Gasteiger partial charge < -0.3 is 15.2 Å². The molecule has 7 nitrogen and oxygen atoms in total. The van der Waals surface area contributed by atoms with Gasteiger partial charge in [0.1, 0.15) is 5.84 Å². The number of hydrogen-bond donors (Lipinski definition) is 3. The number of nitrogen functional groups attached to an aromatic ring is 1. The van der Waals surface area contributed by atoms with Crippen molar-refractivity contribution in [3.63, 3.8) is 0 Å². The number of carbonyl (C=O) groups is 1. The van der Waals surface area contributed by atoms with Gasteiger partial charge >= 0.3 is 16.1 Å². The Hall–Kier alpha value is -4.17. The summed E-state index contributed by atoms with van der Waals surface area (Å²) in [6.07, 6.45) is 0.844. The van der Waals surface area contributed by atoms with Crippen LogP contribution in [0.3, 0.4) is 0 Å². The molecule has 0 bridgehead atoms. The molecule has 172 valence electrons. The Morgan fingerprint density at radius 1 is 0.912 bits per heavy atom. The normalized spacial score (nSPS) is 11.2. The summed E-state index contributed by atoms with van der Waals surface area (Å²) < 4.78 is 27.8. The lowest BCUT2D eigenvalue weighted by Gasteiger charge is -2.16. The third kappa shape index (κ3) is 5.24. The van der Waals surface area contributed by atoms with E-state index in [1.807, 2.05) is 48.5 Å². The van der Waals surface area contributed by atoms with E-state index < -0.39 is 16.1 Å². The molecule has 0 aliphatic rings. The zero-order valence-corrected chi connectivity index (χ0v) is 19.2. The van der Waals surface area contributed by atoms with Crippen LogP contribution < -0.4 is 11.1 Å². The molecule has 0 unspecified atom stereocenters. The van der Waals surface area contributed by atoms with Gasteiger partial charge in [0.25, 0.3) is 0 Å². The molecule has 0 saturated carbocycles. The van der Waals surface area contributed by atoms with Gasteiger partial charge in [-0.2, -0.15) is 8.42 Å². The molecule has 8 heteroatoms. The van der Waals surface area contributed by atoms with Crippen LogP contribution in [0.15, 0.2) is 84.9 Å². The lowest BCUT2D eigenvalue weighted by molar-refractivity contribution is 0.0749. The highest BCUT2D eigenvalue weighted by Gasteiger charge is 2.20. The van der Waals surface area contributed by atoms with Crippen molar-refractivity contribution in [2.24, 2.45) is 5.73 Å². The lowest BCUT2D eigenvalue weighted by Crippen LogP contribution is -2.13. The molecule has 0 aliphatic carbocycles. The van der Waals surface area contributed by atoms with E-state index in [0.29, 0.717) is 17.7 Å². The summed E-state index contributed by atoms with van der Waals surface area (Å²) >= 11 is 0. The minimum Gasteiger partial charge on any atom is -0.384 e. The van der Waals surface area contributed by atoms with Crippen molar-refractivity contribution in [3.8, 4) is 11.1 Å². The Morgan fingerprint density at radius 2 is 1.53 bits per heavy atom. The first-order valence-electron chi connectivity index (χ1n) is 10.4. The fraction of sp³-hybridized carbons (Fsp3) is 0.0769. The van der Waals surface area contributed by atoms with Crippen molar-refractivity contribution in [1.82, 2.24) is 0 Å². The lowest BCUT2D eigenvalue weighted by atomic mass is 9.92. The third-order valence-corrected chi connectivity index (χ3v) is 5.77. The third-order valence-electron chi connectivity index (χ3n) is 5.31. The maximum Gasteiger partial charge on any atom is 0.354 e. The maximum absolute atomic E-state index is 12.7. The topological polar surface area (TPSA) is 122 Å². The Labute approximate surface area is 197 Å². The van der Waals surface area contributed by atoms with E-state index in [1.165, 1.54) is 0 Å². The van der Waals surface area contributed by atoms with Crippen LogP contribution in [-0.4, -0.2) is 26.5 Å². The Balaban J connectivity index is 1.76. The molecule has 0 radical (unpaired) electrons. The highest BCUT2D eigenvalue weighted by atomic mass is 32.2. The highest BCUT2D eigenvalue weighted by Crippen LogP contribution is 2.32.